The molecule has 0 aromatic carbocycles. The summed E-state index contributed by atoms with van der Waals surface area (Å²) in [4.78, 5) is 18.4. The standard InChI is InChI=1S/C14H20ClN3O/c1-2-18-8-6-11(7-9-18)10-16-14(19)12-4-3-5-13(15)17-12/h3-5,11H,2,6-10H2,1H3,(H,16,19). The molecule has 2 heterocycles. The van der Waals surface area contributed by atoms with E-state index in [-0.39, 0.29) is 5.91 Å². The highest BCUT2D eigenvalue weighted by Crippen LogP contribution is 2.16. The van der Waals surface area contributed by atoms with Crippen molar-refractivity contribution in [2.75, 3.05) is 26.2 Å². The maximum atomic E-state index is 11.9. The minimum Gasteiger partial charge on any atom is -0.350 e. The zero-order valence-electron chi connectivity index (χ0n) is 11.2. The molecule has 1 aromatic rings. The molecule has 0 atom stereocenters. The molecule has 1 fully saturated rings. The summed E-state index contributed by atoms with van der Waals surface area (Å²) in [5.74, 6) is 0.436. The molecule has 1 aliphatic rings. The van der Waals surface area contributed by atoms with Crippen molar-refractivity contribution in [3.8, 4) is 0 Å². The van der Waals surface area contributed by atoms with Gasteiger partial charge in [0.25, 0.3) is 5.91 Å². The van der Waals surface area contributed by atoms with Crippen molar-refractivity contribution in [2.24, 2.45) is 5.92 Å². The van der Waals surface area contributed by atoms with Gasteiger partial charge in [0.15, 0.2) is 0 Å². The summed E-state index contributed by atoms with van der Waals surface area (Å²) in [5.41, 5.74) is 0.387. The van der Waals surface area contributed by atoms with Crippen LogP contribution < -0.4 is 5.32 Å². The Kier molecular flexibility index (Phi) is 5.16. The maximum Gasteiger partial charge on any atom is 0.269 e. The third kappa shape index (κ3) is 4.18. The second kappa shape index (κ2) is 6.87. The first-order valence-electron chi connectivity index (χ1n) is 6.82. The summed E-state index contributed by atoms with van der Waals surface area (Å²) in [6, 6.07) is 5.09. The van der Waals surface area contributed by atoms with Crippen LogP contribution in [-0.4, -0.2) is 42.0 Å². The zero-order valence-corrected chi connectivity index (χ0v) is 12.0. The summed E-state index contributed by atoms with van der Waals surface area (Å²) in [6.45, 7) is 6.29. The minimum absolute atomic E-state index is 0.138. The largest absolute Gasteiger partial charge is 0.350 e. The second-order valence-corrected chi connectivity index (χ2v) is 5.32. The van der Waals surface area contributed by atoms with Gasteiger partial charge in [-0.1, -0.05) is 24.6 Å². The van der Waals surface area contributed by atoms with Crippen LogP contribution >= 0.6 is 11.6 Å². The molecule has 19 heavy (non-hydrogen) atoms. The number of piperidine rings is 1. The number of nitrogens with zero attached hydrogens (tertiary/aromatic N) is 2. The Morgan fingerprint density at radius 2 is 2.21 bits per heavy atom. The van der Waals surface area contributed by atoms with E-state index in [9.17, 15) is 4.79 Å². The predicted octanol–water partition coefficient (Wildman–Crippen LogP) is 2.20. The van der Waals surface area contributed by atoms with Crippen molar-refractivity contribution in [2.45, 2.75) is 19.8 Å². The molecule has 1 aromatic heterocycles. The number of hydrogen-bond acceptors (Lipinski definition) is 3. The SMILES string of the molecule is CCN1CCC(CNC(=O)c2cccc(Cl)n2)CC1. The van der Waals surface area contributed by atoms with E-state index >= 15 is 0 Å². The van der Waals surface area contributed by atoms with Gasteiger partial charge in [-0.05, 0) is 50.5 Å². The Labute approximate surface area is 119 Å². The summed E-state index contributed by atoms with van der Waals surface area (Å²) in [6.07, 6.45) is 2.30. The topological polar surface area (TPSA) is 45.2 Å². The molecule has 0 saturated carbocycles. The molecule has 104 valence electrons. The molecule has 2 rings (SSSR count). The van der Waals surface area contributed by atoms with Crippen LogP contribution in [0.2, 0.25) is 5.15 Å². The smallest absolute Gasteiger partial charge is 0.269 e. The zero-order chi connectivity index (χ0) is 13.7. The fourth-order valence-electron chi connectivity index (χ4n) is 2.37. The van der Waals surface area contributed by atoms with Crippen LogP contribution in [0.4, 0.5) is 0 Å². The lowest BCUT2D eigenvalue weighted by Gasteiger charge is -2.30. The van der Waals surface area contributed by atoms with Gasteiger partial charge in [-0.3, -0.25) is 4.79 Å². The highest BCUT2D eigenvalue weighted by Gasteiger charge is 2.19. The van der Waals surface area contributed by atoms with Gasteiger partial charge in [0, 0.05) is 6.54 Å². The Hall–Kier alpha value is -1.13. The van der Waals surface area contributed by atoms with Gasteiger partial charge < -0.3 is 10.2 Å². The molecular formula is C14H20ClN3O. The monoisotopic (exact) mass is 281 g/mol. The number of pyridine rings is 1. The Bertz CT molecular complexity index is 430. The number of rotatable bonds is 4. The molecular weight excluding hydrogens is 262 g/mol. The number of nitrogens with one attached hydrogen (secondary N) is 1. The highest BCUT2D eigenvalue weighted by atomic mass is 35.5. The normalized spacial score (nSPS) is 17.4. The van der Waals surface area contributed by atoms with Crippen LogP contribution in [0.5, 0.6) is 0 Å². The quantitative estimate of drug-likeness (QED) is 0.861. The molecule has 0 unspecified atom stereocenters. The Balaban J connectivity index is 1.78. The number of halogens is 1. The molecule has 0 aliphatic carbocycles. The van der Waals surface area contributed by atoms with Crippen LogP contribution in [0.15, 0.2) is 18.2 Å². The van der Waals surface area contributed by atoms with E-state index < -0.39 is 0 Å². The number of carbonyl (C=O) groups excluding carboxylic acids is 1. The fraction of sp³-hybridized carbons (Fsp3) is 0.571. The molecule has 0 spiro atoms. The van der Waals surface area contributed by atoms with E-state index in [0.717, 1.165) is 39.0 Å². The molecule has 0 radical (unpaired) electrons. The lowest BCUT2D eigenvalue weighted by Crippen LogP contribution is -2.38. The van der Waals surface area contributed by atoms with Gasteiger partial charge in [0.1, 0.15) is 10.8 Å². The average Bonchev–Trinajstić information content (AvgIpc) is 2.45. The number of amides is 1. The van der Waals surface area contributed by atoms with Gasteiger partial charge in [0.2, 0.25) is 0 Å². The van der Waals surface area contributed by atoms with Gasteiger partial charge in [0.05, 0.1) is 0 Å². The molecule has 4 nitrogen and oxygen atoms in total. The third-order valence-corrected chi connectivity index (χ3v) is 3.86. The molecule has 1 saturated heterocycles. The van der Waals surface area contributed by atoms with Crippen molar-refractivity contribution >= 4 is 17.5 Å². The van der Waals surface area contributed by atoms with Crippen LogP contribution in [0.25, 0.3) is 0 Å². The van der Waals surface area contributed by atoms with E-state index in [2.05, 4.69) is 22.1 Å². The minimum atomic E-state index is -0.138. The highest BCUT2D eigenvalue weighted by molar-refractivity contribution is 6.29. The van der Waals surface area contributed by atoms with Gasteiger partial charge >= 0.3 is 0 Å². The summed E-state index contributed by atoms with van der Waals surface area (Å²) in [7, 11) is 0. The number of hydrogen-bond donors (Lipinski definition) is 1. The molecule has 1 amide bonds. The molecule has 0 bridgehead atoms. The number of likely N-dealkylation sites (tertiary alicyclic amines) is 1. The van der Waals surface area contributed by atoms with Crippen molar-refractivity contribution in [3.63, 3.8) is 0 Å². The first-order chi connectivity index (χ1) is 9.19. The van der Waals surface area contributed by atoms with Crippen molar-refractivity contribution in [3.05, 3.63) is 29.0 Å². The van der Waals surface area contributed by atoms with Crippen molar-refractivity contribution < 1.29 is 4.79 Å². The number of carbonyl (C=O) groups is 1. The lowest BCUT2D eigenvalue weighted by molar-refractivity contribution is 0.0932. The van der Waals surface area contributed by atoms with E-state index in [1.165, 1.54) is 0 Å². The second-order valence-electron chi connectivity index (χ2n) is 4.93. The average molecular weight is 282 g/mol. The first-order valence-corrected chi connectivity index (χ1v) is 7.20. The molecule has 5 heteroatoms. The summed E-state index contributed by atoms with van der Waals surface area (Å²) >= 11 is 5.77. The first kappa shape index (κ1) is 14.3. The summed E-state index contributed by atoms with van der Waals surface area (Å²) < 4.78 is 0. The van der Waals surface area contributed by atoms with Crippen molar-refractivity contribution in [1.82, 2.24) is 15.2 Å². The van der Waals surface area contributed by atoms with Gasteiger partial charge in [-0.15, -0.1) is 0 Å². The Morgan fingerprint density at radius 1 is 1.47 bits per heavy atom. The third-order valence-electron chi connectivity index (χ3n) is 3.65. The fourth-order valence-corrected chi connectivity index (χ4v) is 2.53. The predicted molar refractivity (Wildman–Crippen MR) is 76.4 cm³/mol. The van der Waals surface area contributed by atoms with Crippen molar-refractivity contribution in [1.29, 1.82) is 0 Å². The van der Waals surface area contributed by atoms with E-state index in [1.807, 2.05) is 0 Å². The van der Waals surface area contributed by atoms with Gasteiger partial charge in [-0.2, -0.15) is 0 Å². The Morgan fingerprint density at radius 3 is 2.84 bits per heavy atom. The van der Waals surface area contributed by atoms with Crippen LogP contribution in [0.3, 0.4) is 0 Å². The van der Waals surface area contributed by atoms with Crippen LogP contribution in [-0.2, 0) is 0 Å². The van der Waals surface area contributed by atoms with Gasteiger partial charge in [-0.25, -0.2) is 4.98 Å². The van der Waals surface area contributed by atoms with Crippen LogP contribution in [0.1, 0.15) is 30.3 Å². The van der Waals surface area contributed by atoms with E-state index in [0.29, 0.717) is 16.8 Å². The summed E-state index contributed by atoms with van der Waals surface area (Å²) in [5, 5.41) is 3.30. The lowest BCUT2D eigenvalue weighted by atomic mass is 9.97. The number of aromatic nitrogens is 1. The maximum absolute atomic E-state index is 11.9. The van der Waals surface area contributed by atoms with Crippen LogP contribution in [0, 0.1) is 5.92 Å². The van der Waals surface area contributed by atoms with E-state index in [1.54, 1.807) is 18.2 Å². The molecule has 1 aliphatic heterocycles. The molecule has 1 N–H and O–H groups in total. The van der Waals surface area contributed by atoms with E-state index in [4.69, 9.17) is 11.6 Å².